The van der Waals surface area contributed by atoms with Crippen LogP contribution in [0.2, 0.25) is 0 Å². The van der Waals surface area contributed by atoms with Crippen LogP contribution < -0.4 is 4.90 Å². The molecule has 2 aliphatic heterocycles. The van der Waals surface area contributed by atoms with E-state index in [4.69, 9.17) is 9.47 Å². The number of ether oxygens (including phenoxy) is 2. The highest BCUT2D eigenvalue weighted by molar-refractivity contribution is 6.00. The fraction of sp³-hybridized carbons (Fsp3) is 0.259. The van der Waals surface area contributed by atoms with Crippen LogP contribution in [0.4, 0.5) is 21.9 Å². The lowest BCUT2D eigenvalue weighted by Crippen LogP contribution is -2.38. The van der Waals surface area contributed by atoms with Gasteiger partial charge in [0.15, 0.2) is 6.10 Å². The van der Waals surface area contributed by atoms with Gasteiger partial charge in [0, 0.05) is 30.1 Å². The van der Waals surface area contributed by atoms with E-state index in [1.165, 1.54) is 4.90 Å². The smallest absolute Gasteiger partial charge is 0.417 e. The largest absolute Gasteiger partial charge is 0.435 e. The van der Waals surface area contributed by atoms with Crippen LogP contribution in [0, 0.1) is 0 Å². The van der Waals surface area contributed by atoms with Crippen molar-refractivity contribution in [1.29, 1.82) is 0 Å². The number of benzene rings is 3. The quantitative estimate of drug-likeness (QED) is 0.502. The number of hydrogen-bond donors (Lipinski definition) is 0. The molecule has 2 amide bonds. The maximum Gasteiger partial charge on any atom is 0.417 e. The first-order chi connectivity index (χ1) is 16.2. The average molecular weight is 443 g/mol. The zero-order valence-electron chi connectivity index (χ0n) is 18.3. The fourth-order valence-corrected chi connectivity index (χ4v) is 4.38. The van der Waals surface area contributed by atoms with Crippen molar-refractivity contribution >= 4 is 29.1 Å². The molecule has 2 fully saturated rings. The van der Waals surface area contributed by atoms with Crippen LogP contribution in [0.1, 0.15) is 18.4 Å². The van der Waals surface area contributed by atoms with Crippen LogP contribution in [0.15, 0.2) is 84.9 Å². The van der Waals surface area contributed by atoms with Gasteiger partial charge in [0.25, 0.3) is 5.91 Å². The van der Waals surface area contributed by atoms with E-state index in [1.807, 2.05) is 60.7 Å². The van der Waals surface area contributed by atoms with Gasteiger partial charge < -0.3 is 14.4 Å². The third kappa shape index (κ3) is 4.61. The van der Waals surface area contributed by atoms with Crippen molar-refractivity contribution in [3.05, 3.63) is 90.5 Å². The van der Waals surface area contributed by atoms with E-state index in [0.29, 0.717) is 13.0 Å². The van der Waals surface area contributed by atoms with Crippen molar-refractivity contribution in [3.63, 3.8) is 0 Å². The molecule has 6 nitrogen and oxygen atoms in total. The minimum Gasteiger partial charge on any atom is -0.435 e. The SMILES string of the molecule is O=C1OC(Cc2ccc(N(c3ccccc3)c3ccccc3)cc2)C(=O)N1CC1CCCO1. The summed E-state index contributed by atoms with van der Waals surface area (Å²) in [6, 6.07) is 28.4. The molecular formula is C27H26N2O4. The maximum absolute atomic E-state index is 12.8. The van der Waals surface area contributed by atoms with E-state index in [1.54, 1.807) is 0 Å². The van der Waals surface area contributed by atoms with Crippen molar-refractivity contribution in [3.8, 4) is 0 Å². The Labute approximate surface area is 193 Å². The first kappa shape index (κ1) is 21.2. The molecule has 33 heavy (non-hydrogen) atoms. The Hall–Kier alpha value is -3.64. The first-order valence-corrected chi connectivity index (χ1v) is 11.3. The van der Waals surface area contributed by atoms with E-state index in [2.05, 4.69) is 29.2 Å². The number of amides is 2. The molecule has 2 heterocycles. The maximum atomic E-state index is 12.8. The molecule has 3 aromatic carbocycles. The zero-order valence-corrected chi connectivity index (χ0v) is 18.3. The van der Waals surface area contributed by atoms with Crippen molar-refractivity contribution in [1.82, 2.24) is 4.90 Å². The summed E-state index contributed by atoms with van der Waals surface area (Å²) in [6.07, 6.45) is 0.731. The van der Waals surface area contributed by atoms with Gasteiger partial charge in [0.2, 0.25) is 0 Å². The average Bonchev–Trinajstić information content (AvgIpc) is 3.46. The van der Waals surface area contributed by atoms with E-state index in [-0.39, 0.29) is 18.6 Å². The van der Waals surface area contributed by atoms with Gasteiger partial charge in [-0.3, -0.25) is 4.79 Å². The van der Waals surface area contributed by atoms with Gasteiger partial charge in [-0.05, 0) is 54.8 Å². The molecule has 2 atom stereocenters. The van der Waals surface area contributed by atoms with E-state index >= 15 is 0 Å². The lowest BCUT2D eigenvalue weighted by atomic mass is 10.1. The second-order valence-electron chi connectivity index (χ2n) is 8.33. The Morgan fingerprint density at radius 3 is 2.00 bits per heavy atom. The molecule has 2 saturated heterocycles. The number of imide groups is 1. The summed E-state index contributed by atoms with van der Waals surface area (Å²) in [7, 11) is 0. The predicted octanol–water partition coefficient (Wildman–Crippen LogP) is 5.23. The Bertz CT molecular complexity index is 1060. The molecule has 0 bridgehead atoms. The second kappa shape index (κ2) is 9.46. The summed E-state index contributed by atoms with van der Waals surface area (Å²) in [6.45, 7) is 0.955. The number of anilines is 3. The molecule has 3 aromatic rings. The van der Waals surface area contributed by atoms with Gasteiger partial charge in [-0.2, -0.15) is 0 Å². The number of carbonyl (C=O) groups is 2. The van der Waals surface area contributed by atoms with Crippen molar-refractivity contribution < 1.29 is 19.1 Å². The lowest BCUT2D eigenvalue weighted by molar-refractivity contribution is -0.130. The molecule has 5 rings (SSSR count). The molecule has 6 heteroatoms. The van der Waals surface area contributed by atoms with Crippen molar-refractivity contribution in [2.45, 2.75) is 31.5 Å². The van der Waals surface area contributed by atoms with E-state index < -0.39 is 12.2 Å². The molecule has 0 spiro atoms. The fourth-order valence-electron chi connectivity index (χ4n) is 4.38. The zero-order chi connectivity index (χ0) is 22.6. The minimum absolute atomic E-state index is 0.0820. The van der Waals surface area contributed by atoms with Gasteiger partial charge in [-0.15, -0.1) is 0 Å². The Balaban J connectivity index is 1.32. The molecule has 0 aliphatic carbocycles. The summed E-state index contributed by atoms with van der Waals surface area (Å²) in [5.41, 5.74) is 4.05. The van der Waals surface area contributed by atoms with Crippen LogP contribution in [0.25, 0.3) is 0 Å². The van der Waals surface area contributed by atoms with Crippen LogP contribution in [-0.4, -0.2) is 42.3 Å². The topological polar surface area (TPSA) is 59.1 Å². The number of nitrogens with zero attached hydrogens (tertiary/aromatic N) is 2. The summed E-state index contributed by atoms with van der Waals surface area (Å²) in [4.78, 5) is 28.4. The lowest BCUT2D eigenvalue weighted by Gasteiger charge is -2.25. The highest BCUT2D eigenvalue weighted by Gasteiger charge is 2.41. The van der Waals surface area contributed by atoms with Gasteiger partial charge in [-0.25, -0.2) is 9.69 Å². The number of para-hydroxylation sites is 2. The minimum atomic E-state index is -0.788. The Kier molecular flexibility index (Phi) is 6.09. The van der Waals surface area contributed by atoms with Gasteiger partial charge in [0.1, 0.15) is 0 Å². The molecule has 168 valence electrons. The Morgan fingerprint density at radius 1 is 0.818 bits per heavy atom. The number of carbonyl (C=O) groups excluding carboxylic acids is 2. The number of cyclic esters (lactones) is 1. The molecule has 0 saturated carbocycles. The first-order valence-electron chi connectivity index (χ1n) is 11.3. The highest BCUT2D eigenvalue weighted by atomic mass is 16.6. The van der Waals surface area contributed by atoms with Gasteiger partial charge in [-0.1, -0.05) is 48.5 Å². The van der Waals surface area contributed by atoms with Crippen LogP contribution in [-0.2, 0) is 20.7 Å². The Morgan fingerprint density at radius 2 is 1.42 bits per heavy atom. The van der Waals surface area contributed by atoms with Crippen molar-refractivity contribution in [2.24, 2.45) is 0 Å². The molecule has 0 N–H and O–H groups in total. The standard InChI is InChI=1S/C27H26N2O4/c30-26-25(33-27(31)28(26)19-24-12-7-17-32-24)18-20-13-15-23(16-14-20)29(21-8-3-1-4-9-21)22-10-5-2-6-11-22/h1-6,8-11,13-16,24-25H,7,12,17-19H2. The van der Waals surface area contributed by atoms with Gasteiger partial charge in [0.05, 0.1) is 12.6 Å². The monoisotopic (exact) mass is 442 g/mol. The third-order valence-corrected chi connectivity index (χ3v) is 6.06. The summed E-state index contributed by atoms with van der Waals surface area (Å²) < 4.78 is 11.0. The number of hydrogen-bond acceptors (Lipinski definition) is 5. The van der Waals surface area contributed by atoms with Gasteiger partial charge >= 0.3 is 6.09 Å². The molecule has 0 aromatic heterocycles. The predicted molar refractivity (Wildman–Crippen MR) is 126 cm³/mol. The third-order valence-electron chi connectivity index (χ3n) is 6.06. The molecular weight excluding hydrogens is 416 g/mol. The summed E-state index contributed by atoms with van der Waals surface area (Å²) >= 11 is 0. The highest BCUT2D eigenvalue weighted by Crippen LogP contribution is 2.34. The normalized spacial score (nSPS) is 20.2. The van der Waals surface area contributed by atoms with Crippen LogP contribution in [0.3, 0.4) is 0 Å². The molecule has 2 aliphatic rings. The van der Waals surface area contributed by atoms with E-state index in [0.717, 1.165) is 35.5 Å². The second-order valence-corrected chi connectivity index (χ2v) is 8.33. The van der Waals surface area contributed by atoms with E-state index in [9.17, 15) is 9.59 Å². The van der Waals surface area contributed by atoms with Crippen molar-refractivity contribution in [2.75, 3.05) is 18.1 Å². The molecule has 2 unspecified atom stereocenters. The summed E-state index contributed by atoms with van der Waals surface area (Å²) in [5.74, 6) is -0.283. The molecule has 0 radical (unpaired) electrons. The number of rotatable bonds is 7. The van der Waals surface area contributed by atoms with Crippen LogP contribution in [0.5, 0.6) is 0 Å². The van der Waals surface area contributed by atoms with Crippen LogP contribution >= 0.6 is 0 Å². The summed E-state index contributed by atoms with van der Waals surface area (Å²) in [5, 5.41) is 0.